The molecule has 0 fully saturated rings. The molecule has 1 atom stereocenters. The molecule has 0 saturated carbocycles. The summed E-state index contributed by atoms with van der Waals surface area (Å²) in [6, 6.07) is 8.13. The third-order valence-electron chi connectivity index (χ3n) is 3.57. The number of aromatic nitrogens is 2. The molecule has 1 unspecified atom stereocenters. The Kier molecular flexibility index (Phi) is 4.70. The van der Waals surface area contributed by atoms with E-state index >= 15 is 0 Å². The van der Waals surface area contributed by atoms with E-state index in [9.17, 15) is 0 Å². The molecular formula is C16H19N3O3. The highest BCUT2D eigenvalue weighted by atomic mass is 16.5. The van der Waals surface area contributed by atoms with Crippen molar-refractivity contribution in [1.82, 2.24) is 9.97 Å². The fourth-order valence-electron chi connectivity index (χ4n) is 2.51. The van der Waals surface area contributed by atoms with Crippen LogP contribution in [0.15, 0.2) is 36.7 Å². The van der Waals surface area contributed by atoms with Crippen LogP contribution in [-0.2, 0) is 0 Å². The minimum absolute atomic E-state index is 0.0435. The first-order chi connectivity index (χ1) is 10.9. The van der Waals surface area contributed by atoms with Crippen LogP contribution in [0.3, 0.4) is 0 Å². The summed E-state index contributed by atoms with van der Waals surface area (Å²) >= 11 is 0. The van der Waals surface area contributed by atoms with Gasteiger partial charge in [0.15, 0.2) is 0 Å². The molecular weight excluding hydrogens is 282 g/mol. The molecule has 0 bridgehead atoms. The van der Waals surface area contributed by atoms with Crippen LogP contribution in [0.2, 0.25) is 0 Å². The number of benzene rings is 1. The van der Waals surface area contributed by atoms with Gasteiger partial charge in [0.1, 0.15) is 18.2 Å². The molecule has 2 aromatic rings. The van der Waals surface area contributed by atoms with Crippen LogP contribution >= 0.6 is 0 Å². The van der Waals surface area contributed by atoms with Gasteiger partial charge in [-0.25, -0.2) is 0 Å². The maximum Gasteiger partial charge on any atom is 0.234 e. The molecule has 116 valence electrons. The lowest BCUT2D eigenvalue weighted by Crippen LogP contribution is -2.21. The Labute approximate surface area is 129 Å². The standard InChI is InChI=1S/C16H19N3O3/c20-6-8-22-16-11-17-10-15(19-16)18-9-12-5-7-21-14-4-2-1-3-13(12)14/h1-4,10-12,20H,5-9H2,(H,18,19). The summed E-state index contributed by atoms with van der Waals surface area (Å²) in [4.78, 5) is 8.40. The summed E-state index contributed by atoms with van der Waals surface area (Å²) in [5.41, 5.74) is 1.22. The number of nitrogens with one attached hydrogen (secondary N) is 1. The van der Waals surface area contributed by atoms with Crippen molar-refractivity contribution in [2.45, 2.75) is 12.3 Å². The molecule has 6 nitrogen and oxygen atoms in total. The van der Waals surface area contributed by atoms with Crippen molar-refractivity contribution in [3.8, 4) is 11.6 Å². The van der Waals surface area contributed by atoms with Gasteiger partial charge in [0.05, 0.1) is 25.6 Å². The predicted octanol–water partition coefficient (Wildman–Crippen LogP) is 1.83. The van der Waals surface area contributed by atoms with Gasteiger partial charge in [0.2, 0.25) is 5.88 Å². The quantitative estimate of drug-likeness (QED) is 0.847. The maximum atomic E-state index is 8.76. The van der Waals surface area contributed by atoms with Crippen molar-refractivity contribution >= 4 is 5.82 Å². The number of hydrogen-bond donors (Lipinski definition) is 2. The molecule has 0 aliphatic carbocycles. The average molecular weight is 301 g/mol. The predicted molar refractivity (Wildman–Crippen MR) is 82.4 cm³/mol. The Balaban J connectivity index is 1.63. The molecule has 1 aliphatic heterocycles. The number of nitrogens with zero attached hydrogens (tertiary/aromatic N) is 2. The minimum Gasteiger partial charge on any atom is -0.493 e. The zero-order valence-electron chi connectivity index (χ0n) is 12.2. The van der Waals surface area contributed by atoms with E-state index < -0.39 is 0 Å². The van der Waals surface area contributed by atoms with Gasteiger partial charge in [0.25, 0.3) is 0 Å². The monoisotopic (exact) mass is 301 g/mol. The first-order valence-corrected chi connectivity index (χ1v) is 7.38. The minimum atomic E-state index is -0.0435. The van der Waals surface area contributed by atoms with Crippen molar-refractivity contribution < 1.29 is 14.6 Å². The summed E-state index contributed by atoms with van der Waals surface area (Å²) in [5, 5.41) is 12.1. The van der Waals surface area contributed by atoms with Gasteiger partial charge in [-0.15, -0.1) is 0 Å². The van der Waals surface area contributed by atoms with Crippen molar-refractivity contribution in [2.75, 3.05) is 31.7 Å². The van der Waals surface area contributed by atoms with Crippen LogP contribution in [0.1, 0.15) is 17.9 Å². The Morgan fingerprint density at radius 2 is 2.23 bits per heavy atom. The molecule has 2 N–H and O–H groups in total. The normalized spacial score (nSPS) is 16.5. The molecule has 3 rings (SSSR count). The number of aliphatic hydroxyl groups excluding tert-OH is 1. The van der Waals surface area contributed by atoms with Gasteiger partial charge in [0, 0.05) is 12.5 Å². The van der Waals surface area contributed by atoms with Crippen LogP contribution in [0.4, 0.5) is 5.82 Å². The second kappa shape index (κ2) is 7.09. The summed E-state index contributed by atoms with van der Waals surface area (Å²) in [6.07, 6.45) is 4.17. The number of ether oxygens (including phenoxy) is 2. The topological polar surface area (TPSA) is 76.5 Å². The van der Waals surface area contributed by atoms with E-state index in [4.69, 9.17) is 14.6 Å². The second-order valence-corrected chi connectivity index (χ2v) is 5.07. The fourth-order valence-corrected chi connectivity index (χ4v) is 2.51. The number of para-hydroxylation sites is 1. The van der Waals surface area contributed by atoms with Gasteiger partial charge >= 0.3 is 0 Å². The molecule has 6 heteroatoms. The van der Waals surface area contributed by atoms with Gasteiger partial charge in [-0.2, -0.15) is 4.98 Å². The van der Waals surface area contributed by atoms with Gasteiger partial charge in [-0.05, 0) is 18.1 Å². The molecule has 1 aliphatic rings. The molecule has 0 saturated heterocycles. The third-order valence-corrected chi connectivity index (χ3v) is 3.57. The molecule has 2 heterocycles. The largest absolute Gasteiger partial charge is 0.493 e. The fraction of sp³-hybridized carbons (Fsp3) is 0.375. The van der Waals surface area contributed by atoms with E-state index in [1.165, 1.54) is 11.8 Å². The van der Waals surface area contributed by atoms with E-state index in [0.29, 0.717) is 17.6 Å². The lowest BCUT2D eigenvalue weighted by Gasteiger charge is -2.26. The molecule has 0 amide bonds. The first-order valence-electron chi connectivity index (χ1n) is 7.38. The Morgan fingerprint density at radius 3 is 3.14 bits per heavy atom. The van der Waals surface area contributed by atoms with E-state index in [1.54, 1.807) is 6.20 Å². The number of anilines is 1. The number of hydrogen-bond acceptors (Lipinski definition) is 6. The smallest absolute Gasteiger partial charge is 0.234 e. The average Bonchev–Trinajstić information content (AvgIpc) is 2.58. The first kappa shape index (κ1) is 14.6. The van der Waals surface area contributed by atoms with Crippen molar-refractivity contribution in [3.63, 3.8) is 0 Å². The van der Waals surface area contributed by atoms with E-state index in [2.05, 4.69) is 21.4 Å². The second-order valence-electron chi connectivity index (χ2n) is 5.07. The molecule has 22 heavy (non-hydrogen) atoms. The Morgan fingerprint density at radius 1 is 1.32 bits per heavy atom. The Bertz CT molecular complexity index is 621. The summed E-state index contributed by atoms with van der Waals surface area (Å²) in [7, 11) is 0. The SMILES string of the molecule is OCCOc1cncc(NCC2CCOc3ccccc32)n1. The summed E-state index contributed by atoms with van der Waals surface area (Å²) in [6.45, 7) is 1.66. The van der Waals surface area contributed by atoms with Crippen LogP contribution in [0, 0.1) is 0 Å². The Hall–Kier alpha value is -2.34. The summed E-state index contributed by atoms with van der Waals surface area (Å²) < 4.78 is 10.9. The lowest BCUT2D eigenvalue weighted by molar-refractivity contribution is 0.196. The van der Waals surface area contributed by atoms with Crippen molar-refractivity contribution in [1.29, 1.82) is 0 Å². The van der Waals surface area contributed by atoms with Gasteiger partial charge in [-0.1, -0.05) is 18.2 Å². The van der Waals surface area contributed by atoms with E-state index in [1.807, 2.05) is 18.2 Å². The highest BCUT2D eigenvalue weighted by Gasteiger charge is 2.20. The van der Waals surface area contributed by atoms with Crippen LogP contribution < -0.4 is 14.8 Å². The zero-order chi connectivity index (χ0) is 15.2. The van der Waals surface area contributed by atoms with Crippen LogP contribution in [0.25, 0.3) is 0 Å². The number of fused-ring (bicyclic) bond motifs is 1. The molecule has 1 aromatic carbocycles. The van der Waals surface area contributed by atoms with Crippen molar-refractivity contribution in [3.05, 3.63) is 42.2 Å². The molecule has 1 aromatic heterocycles. The number of aliphatic hydroxyl groups is 1. The van der Waals surface area contributed by atoms with Gasteiger partial charge < -0.3 is 19.9 Å². The zero-order valence-corrected chi connectivity index (χ0v) is 12.2. The van der Waals surface area contributed by atoms with Crippen LogP contribution in [0.5, 0.6) is 11.6 Å². The molecule has 0 radical (unpaired) electrons. The third kappa shape index (κ3) is 3.46. The van der Waals surface area contributed by atoms with Gasteiger partial charge in [-0.3, -0.25) is 4.98 Å². The lowest BCUT2D eigenvalue weighted by atomic mass is 9.93. The molecule has 0 spiro atoms. The maximum absolute atomic E-state index is 8.76. The summed E-state index contributed by atoms with van der Waals surface area (Å²) in [5.74, 6) is 2.42. The van der Waals surface area contributed by atoms with E-state index in [-0.39, 0.29) is 13.2 Å². The number of rotatable bonds is 6. The van der Waals surface area contributed by atoms with E-state index in [0.717, 1.165) is 25.3 Å². The van der Waals surface area contributed by atoms with Crippen LogP contribution in [-0.4, -0.2) is 41.4 Å². The highest BCUT2D eigenvalue weighted by molar-refractivity contribution is 5.40. The van der Waals surface area contributed by atoms with Crippen molar-refractivity contribution in [2.24, 2.45) is 0 Å². The highest BCUT2D eigenvalue weighted by Crippen LogP contribution is 2.33.